The number of carbonyl (C=O) groups excluding carboxylic acids is 2. The Morgan fingerprint density at radius 1 is 1.15 bits per heavy atom. The summed E-state index contributed by atoms with van der Waals surface area (Å²) in [5.41, 5.74) is 2.10. The Hall–Kier alpha value is -3.19. The number of aliphatic carboxylic acids is 1. The molecule has 4 rings (SSSR count). The van der Waals surface area contributed by atoms with Gasteiger partial charge in [-0.1, -0.05) is 54.1 Å². The summed E-state index contributed by atoms with van der Waals surface area (Å²) in [5.74, 6) is -1.65. The SMILES string of the molecule is CC1=NC(=O)N(CCCN(C)C(=O)C2CC2c2ccccc2)C(c2cccc(Cl)c2)C1C(=O)O. The second-order valence-corrected chi connectivity index (χ2v) is 9.45. The zero-order chi connectivity index (χ0) is 24.4. The molecule has 1 saturated carbocycles. The fourth-order valence-corrected chi connectivity index (χ4v) is 5.03. The quantitative estimate of drug-likeness (QED) is 0.595. The number of halogens is 1. The molecule has 2 aliphatic rings. The average Bonchev–Trinajstić information content (AvgIpc) is 3.60. The number of carboxylic acid groups (broad SMARTS) is 1. The minimum Gasteiger partial charge on any atom is -0.481 e. The van der Waals surface area contributed by atoms with Gasteiger partial charge in [0.2, 0.25) is 5.91 Å². The third-order valence-electron chi connectivity index (χ3n) is 6.68. The van der Waals surface area contributed by atoms with Crippen LogP contribution in [0.4, 0.5) is 4.79 Å². The lowest BCUT2D eigenvalue weighted by molar-refractivity contribution is -0.141. The molecule has 178 valence electrons. The Balaban J connectivity index is 1.42. The molecule has 1 aliphatic heterocycles. The van der Waals surface area contributed by atoms with E-state index in [0.29, 0.717) is 23.6 Å². The van der Waals surface area contributed by atoms with E-state index in [0.717, 1.165) is 6.42 Å². The lowest BCUT2D eigenvalue weighted by Gasteiger charge is -2.38. The highest BCUT2D eigenvalue weighted by Gasteiger charge is 2.45. The van der Waals surface area contributed by atoms with E-state index in [1.54, 1.807) is 43.1 Å². The monoisotopic (exact) mass is 481 g/mol. The van der Waals surface area contributed by atoms with Gasteiger partial charge in [-0.3, -0.25) is 9.59 Å². The number of carboxylic acids is 1. The number of hydrogen-bond acceptors (Lipinski definition) is 3. The molecule has 8 heteroatoms. The summed E-state index contributed by atoms with van der Waals surface area (Å²) in [5, 5.41) is 10.4. The summed E-state index contributed by atoms with van der Waals surface area (Å²) >= 11 is 6.16. The van der Waals surface area contributed by atoms with E-state index in [9.17, 15) is 19.5 Å². The van der Waals surface area contributed by atoms with Crippen LogP contribution in [-0.4, -0.2) is 58.7 Å². The van der Waals surface area contributed by atoms with Crippen molar-refractivity contribution in [2.45, 2.75) is 31.7 Å². The lowest BCUT2D eigenvalue weighted by atomic mass is 9.87. The highest BCUT2D eigenvalue weighted by molar-refractivity contribution is 6.30. The van der Waals surface area contributed by atoms with Gasteiger partial charge >= 0.3 is 12.0 Å². The fraction of sp³-hybridized carbons (Fsp3) is 0.385. The third kappa shape index (κ3) is 4.99. The molecule has 2 aromatic rings. The Kier molecular flexibility index (Phi) is 7.03. The highest BCUT2D eigenvalue weighted by atomic mass is 35.5. The molecule has 0 aromatic heterocycles. The van der Waals surface area contributed by atoms with Crippen LogP contribution in [0.2, 0.25) is 5.02 Å². The van der Waals surface area contributed by atoms with Gasteiger partial charge in [-0.05, 0) is 48.9 Å². The van der Waals surface area contributed by atoms with Gasteiger partial charge in [0.25, 0.3) is 0 Å². The van der Waals surface area contributed by atoms with E-state index in [-0.39, 0.29) is 30.0 Å². The van der Waals surface area contributed by atoms with Crippen LogP contribution >= 0.6 is 11.6 Å². The zero-order valence-corrected chi connectivity index (χ0v) is 20.0. The maximum atomic E-state index is 12.9. The number of rotatable bonds is 8. The van der Waals surface area contributed by atoms with Gasteiger partial charge in [0, 0.05) is 36.8 Å². The summed E-state index contributed by atoms with van der Waals surface area (Å²) in [4.78, 5) is 44.9. The largest absolute Gasteiger partial charge is 0.481 e. The molecule has 3 amide bonds. The minimum atomic E-state index is -1.04. The van der Waals surface area contributed by atoms with Crippen molar-refractivity contribution in [2.75, 3.05) is 20.1 Å². The van der Waals surface area contributed by atoms with Crippen LogP contribution in [0.25, 0.3) is 0 Å². The molecule has 4 atom stereocenters. The van der Waals surface area contributed by atoms with Crippen molar-refractivity contribution in [2.24, 2.45) is 16.8 Å². The second kappa shape index (κ2) is 9.97. The van der Waals surface area contributed by atoms with Crippen LogP contribution in [0.1, 0.15) is 42.9 Å². The summed E-state index contributed by atoms with van der Waals surface area (Å²) in [6.45, 7) is 2.31. The van der Waals surface area contributed by atoms with Crippen molar-refractivity contribution < 1.29 is 19.5 Å². The number of aliphatic imine (C=N–C) groups is 1. The van der Waals surface area contributed by atoms with Crippen LogP contribution in [0.5, 0.6) is 0 Å². The summed E-state index contributed by atoms with van der Waals surface area (Å²) < 4.78 is 0. The van der Waals surface area contributed by atoms with Crippen LogP contribution < -0.4 is 0 Å². The third-order valence-corrected chi connectivity index (χ3v) is 6.91. The lowest BCUT2D eigenvalue weighted by Crippen LogP contribution is -2.47. The topological polar surface area (TPSA) is 90.3 Å². The second-order valence-electron chi connectivity index (χ2n) is 9.02. The summed E-state index contributed by atoms with van der Waals surface area (Å²) in [6.07, 6.45) is 1.36. The van der Waals surface area contributed by atoms with E-state index < -0.39 is 24.0 Å². The molecule has 0 bridgehead atoms. The molecule has 0 radical (unpaired) electrons. The number of nitrogens with zero attached hydrogens (tertiary/aromatic N) is 3. The molecule has 0 spiro atoms. The average molecular weight is 482 g/mol. The van der Waals surface area contributed by atoms with Crippen molar-refractivity contribution in [1.82, 2.24) is 9.80 Å². The molecule has 2 aromatic carbocycles. The summed E-state index contributed by atoms with van der Waals surface area (Å²) in [7, 11) is 1.78. The molecule has 1 aliphatic carbocycles. The molecule has 4 unspecified atom stereocenters. The maximum Gasteiger partial charge on any atom is 0.344 e. The number of urea groups is 1. The predicted molar refractivity (Wildman–Crippen MR) is 130 cm³/mol. The van der Waals surface area contributed by atoms with E-state index in [1.807, 2.05) is 18.2 Å². The van der Waals surface area contributed by atoms with E-state index in [2.05, 4.69) is 17.1 Å². The Labute approximate surface area is 204 Å². The predicted octanol–water partition coefficient (Wildman–Crippen LogP) is 4.63. The molecular formula is C26H28ClN3O4. The minimum absolute atomic E-state index is 0.00753. The van der Waals surface area contributed by atoms with Crippen molar-refractivity contribution in [3.8, 4) is 0 Å². The normalized spacial score (nSPS) is 23.9. The van der Waals surface area contributed by atoms with Crippen LogP contribution in [0.15, 0.2) is 59.6 Å². The van der Waals surface area contributed by atoms with Crippen LogP contribution in [0, 0.1) is 11.8 Å². The van der Waals surface area contributed by atoms with Crippen molar-refractivity contribution in [1.29, 1.82) is 0 Å². The molecule has 1 fully saturated rings. The van der Waals surface area contributed by atoms with Crippen LogP contribution in [-0.2, 0) is 9.59 Å². The van der Waals surface area contributed by atoms with Crippen molar-refractivity contribution in [3.05, 3.63) is 70.7 Å². The molecule has 1 heterocycles. The number of carbonyl (C=O) groups is 3. The molecular weight excluding hydrogens is 454 g/mol. The number of amides is 3. The number of benzene rings is 2. The first-order chi connectivity index (χ1) is 16.3. The Morgan fingerprint density at radius 2 is 1.85 bits per heavy atom. The number of hydrogen-bond donors (Lipinski definition) is 1. The van der Waals surface area contributed by atoms with Crippen molar-refractivity contribution in [3.63, 3.8) is 0 Å². The fourth-order valence-electron chi connectivity index (χ4n) is 4.83. The van der Waals surface area contributed by atoms with Gasteiger partial charge in [-0.2, -0.15) is 0 Å². The molecule has 1 N–H and O–H groups in total. The molecule has 0 saturated heterocycles. The van der Waals surface area contributed by atoms with Gasteiger partial charge < -0.3 is 14.9 Å². The smallest absolute Gasteiger partial charge is 0.344 e. The molecule has 7 nitrogen and oxygen atoms in total. The van der Waals surface area contributed by atoms with E-state index in [4.69, 9.17) is 11.6 Å². The molecule has 34 heavy (non-hydrogen) atoms. The first-order valence-electron chi connectivity index (χ1n) is 11.4. The van der Waals surface area contributed by atoms with Gasteiger partial charge in [0.15, 0.2) is 0 Å². The standard InChI is InChI=1S/C26H28ClN3O4/c1-16-22(25(32)33)23(18-10-6-11-19(27)14-18)30(26(34)28-16)13-7-12-29(2)24(31)21-15-20(21)17-8-4-3-5-9-17/h3-6,8-11,14,20-23H,7,12-13,15H2,1-2H3,(H,32,33). The van der Waals surface area contributed by atoms with Gasteiger partial charge in [-0.15, -0.1) is 0 Å². The van der Waals surface area contributed by atoms with Crippen molar-refractivity contribution >= 4 is 35.2 Å². The van der Waals surface area contributed by atoms with E-state index in [1.165, 1.54) is 10.5 Å². The van der Waals surface area contributed by atoms with Crippen LogP contribution in [0.3, 0.4) is 0 Å². The first kappa shape index (κ1) is 24.0. The van der Waals surface area contributed by atoms with Gasteiger partial charge in [-0.25, -0.2) is 9.79 Å². The summed E-state index contributed by atoms with van der Waals surface area (Å²) in [6, 6.07) is 15.8. The maximum absolute atomic E-state index is 12.9. The van der Waals surface area contributed by atoms with E-state index >= 15 is 0 Å². The highest BCUT2D eigenvalue weighted by Crippen LogP contribution is 2.48. The van der Waals surface area contributed by atoms with Gasteiger partial charge in [0.1, 0.15) is 5.92 Å². The Morgan fingerprint density at radius 3 is 2.53 bits per heavy atom. The van der Waals surface area contributed by atoms with Gasteiger partial charge in [0.05, 0.1) is 6.04 Å². The Bertz CT molecular complexity index is 1120. The zero-order valence-electron chi connectivity index (χ0n) is 19.2. The first-order valence-corrected chi connectivity index (χ1v) is 11.8.